The van der Waals surface area contributed by atoms with Gasteiger partial charge in [0.05, 0.1) is 12.1 Å². The Labute approximate surface area is 83.5 Å². The van der Waals surface area contributed by atoms with E-state index in [0.29, 0.717) is 5.69 Å². The van der Waals surface area contributed by atoms with Crippen molar-refractivity contribution in [1.29, 1.82) is 0 Å². The van der Waals surface area contributed by atoms with Crippen LogP contribution in [0.15, 0.2) is 0 Å². The van der Waals surface area contributed by atoms with Crippen molar-refractivity contribution in [3.05, 3.63) is 17.0 Å². The molecule has 4 nitrogen and oxygen atoms in total. The van der Waals surface area contributed by atoms with Gasteiger partial charge >= 0.3 is 5.97 Å². The Hall–Kier alpha value is -1.32. The maximum Gasteiger partial charge on any atom is 0.309 e. The number of aliphatic carboxylic acids is 1. The molecule has 1 rings (SSSR count). The fraction of sp³-hybridized carbons (Fsp3) is 0.600. The Morgan fingerprint density at radius 1 is 1.57 bits per heavy atom. The Balaban J connectivity index is 3.01. The summed E-state index contributed by atoms with van der Waals surface area (Å²) in [5.41, 5.74) is 2.87. The second-order valence-electron chi connectivity index (χ2n) is 3.45. The van der Waals surface area contributed by atoms with Gasteiger partial charge in [0.25, 0.3) is 0 Å². The van der Waals surface area contributed by atoms with Gasteiger partial charge in [-0.25, -0.2) is 0 Å². The summed E-state index contributed by atoms with van der Waals surface area (Å²) < 4.78 is 1.75. The Bertz CT molecular complexity index is 342. The Morgan fingerprint density at radius 3 is 2.71 bits per heavy atom. The van der Waals surface area contributed by atoms with Crippen LogP contribution in [-0.4, -0.2) is 20.9 Å². The molecular weight excluding hydrogens is 180 g/mol. The minimum atomic E-state index is -0.819. The van der Waals surface area contributed by atoms with E-state index in [0.717, 1.165) is 24.1 Å². The van der Waals surface area contributed by atoms with Crippen molar-refractivity contribution in [2.45, 2.75) is 33.1 Å². The molecule has 0 bridgehead atoms. The molecule has 0 atom stereocenters. The van der Waals surface area contributed by atoms with Crippen LogP contribution in [0.2, 0.25) is 0 Å². The van der Waals surface area contributed by atoms with Gasteiger partial charge in [0.15, 0.2) is 0 Å². The van der Waals surface area contributed by atoms with Crippen LogP contribution >= 0.6 is 0 Å². The first-order chi connectivity index (χ1) is 6.56. The summed E-state index contributed by atoms with van der Waals surface area (Å²) in [6, 6.07) is 0. The summed E-state index contributed by atoms with van der Waals surface area (Å²) in [6.07, 6.45) is 1.94. The number of aryl methyl sites for hydroxylation is 1. The second-order valence-corrected chi connectivity index (χ2v) is 3.45. The van der Waals surface area contributed by atoms with Gasteiger partial charge in [-0.05, 0) is 18.9 Å². The molecule has 0 saturated heterocycles. The van der Waals surface area contributed by atoms with E-state index in [1.807, 2.05) is 14.0 Å². The van der Waals surface area contributed by atoms with Crippen molar-refractivity contribution in [2.75, 3.05) is 0 Å². The summed E-state index contributed by atoms with van der Waals surface area (Å²) in [6.45, 7) is 4.06. The van der Waals surface area contributed by atoms with Gasteiger partial charge in [0.2, 0.25) is 0 Å². The largest absolute Gasteiger partial charge is 0.481 e. The van der Waals surface area contributed by atoms with Gasteiger partial charge in [0, 0.05) is 12.7 Å². The molecule has 0 aliphatic heterocycles. The number of hydrogen-bond acceptors (Lipinski definition) is 2. The molecule has 14 heavy (non-hydrogen) atoms. The predicted molar refractivity (Wildman–Crippen MR) is 53.3 cm³/mol. The number of carboxylic acid groups (broad SMARTS) is 1. The highest BCUT2D eigenvalue weighted by atomic mass is 16.4. The fourth-order valence-electron chi connectivity index (χ4n) is 1.58. The number of aromatic nitrogens is 2. The first kappa shape index (κ1) is 10.8. The van der Waals surface area contributed by atoms with Crippen LogP contribution in [0.25, 0.3) is 0 Å². The highest BCUT2D eigenvalue weighted by Gasteiger charge is 2.14. The number of carboxylic acids is 1. The van der Waals surface area contributed by atoms with Crippen molar-refractivity contribution in [2.24, 2.45) is 7.05 Å². The van der Waals surface area contributed by atoms with Gasteiger partial charge in [-0.2, -0.15) is 5.10 Å². The SMILES string of the molecule is CCCc1c(CC(=O)O)nn(C)c1C. The topological polar surface area (TPSA) is 55.1 Å². The quantitative estimate of drug-likeness (QED) is 0.789. The van der Waals surface area contributed by atoms with Crippen LogP contribution in [0.4, 0.5) is 0 Å². The van der Waals surface area contributed by atoms with Gasteiger partial charge in [-0.1, -0.05) is 13.3 Å². The standard InChI is InChI=1S/C10H16N2O2/c1-4-5-8-7(2)12(3)11-9(8)6-10(13)14/h4-6H2,1-3H3,(H,13,14). The van der Waals surface area contributed by atoms with Crippen molar-refractivity contribution >= 4 is 5.97 Å². The average Bonchev–Trinajstić information content (AvgIpc) is 2.32. The summed E-state index contributed by atoms with van der Waals surface area (Å²) in [5.74, 6) is -0.819. The molecule has 78 valence electrons. The van der Waals surface area contributed by atoms with Crippen LogP contribution in [0.5, 0.6) is 0 Å². The summed E-state index contributed by atoms with van der Waals surface area (Å²) in [7, 11) is 1.85. The van der Waals surface area contributed by atoms with Gasteiger partial charge in [-0.15, -0.1) is 0 Å². The monoisotopic (exact) mass is 196 g/mol. The molecule has 0 aromatic carbocycles. The lowest BCUT2D eigenvalue weighted by atomic mass is 10.1. The third-order valence-electron chi connectivity index (χ3n) is 2.36. The highest BCUT2D eigenvalue weighted by Crippen LogP contribution is 2.15. The van der Waals surface area contributed by atoms with Crippen LogP contribution in [-0.2, 0) is 24.7 Å². The van der Waals surface area contributed by atoms with Crippen molar-refractivity contribution in [3.63, 3.8) is 0 Å². The minimum absolute atomic E-state index is 0.0248. The zero-order chi connectivity index (χ0) is 10.7. The molecule has 1 heterocycles. The average molecular weight is 196 g/mol. The van der Waals surface area contributed by atoms with Gasteiger partial charge < -0.3 is 5.11 Å². The molecule has 0 fully saturated rings. The van der Waals surface area contributed by atoms with Crippen molar-refractivity contribution in [3.8, 4) is 0 Å². The fourth-order valence-corrected chi connectivity index (χ4v) is 1.58. The highest BCUT2D eigenvalue weighted by molar-refractivity contribution is 5.70. The third kappa shape index (κ3) is 2.13. The molecule has 0 saturated carbocycles. The maximum atomic E-state index is 10.6. The number of nitrogens with zero attached hydrogens (tertiary/aromatic N) is 2. The van der Waals surface area contributed by atoms with E-state index in [2.05, 4.69) is 12.0 Å². The molecule has 1 aromatic heterocycles. The maximum absolute atomic E-state index is 10.6. The lowest BCUT2D eigenvalue weighted by Gasteiger charge is -1.99. The Morgan fingerprint density at radius 2 is 2.21 bits per heavy atom. The molecule has 0 aliphatic carbocycles. The molecule has 0 aliphatic rings. The number of carbonyl (C=O) groups is 1. The number of hydrogen-bond donors (Lipinski definition) is 1. The lowest BCUT2D eigenvalue weighted by molar-refractivity contribution is -0.136. The van der Waals surface area contributed by atoms with E-state index in [4.69, 9.17) is 5.11 Å². The molecule has 0 amide bonds. The molecule has 0 radical (unpaired) electrons. The van der Waals surface area contributed by atoms with Crippen LogP contribution < -0.4 is 0 Å². The van der Waals surface area contributed by atoms with Crippen molar-refractivity contribution < 1.29 is 9.90 Å². The molecule has 0 spiro atoms. The third-order valence-corrected chi connectivity index (χ3v) is 2.36. The molecule has 0 unspecified atom stereocenters. The van der Waals surface area contributed by atoms with E-state index < -0.39 is 5.97 Å². The van der Waals surface area contributed by atoms with E-state index in [9.17, 15) is 4.79 Å². The first-order valence-electron chi connectivity index (χ1n) is 4.79. The molecule has 1 aromatic rings. The second kappa shape index (κ2) is 4.26. The van der Waals surface area contributed by atoms with Crippen molar-refractivity contribution in [1.82, 2.24) is 9.78 Å². The predicted octanol–water partition coefficient (Wildman–Crippen LogP) is 1.31. The van der Waals surface area contributed by atoms with E-state index in [1.165, 1.54) is 0 Å². The minimum Gasteiger partial charge on any atom is -0.481 e. The molecule has 4 heteroatoms. The lowest BCUT2D eigenvalue weighted by Crippen LogP contribution is -2.03. The molecular formula is C10H16N2O2. The van der Waals surface area contributed by atoms with Crippen LogP contribution in [0.3, 0.4) is 0 Å². The van der Waals surface area contributed by atoms with Crippen LogP contribution in [0.1, 0.15) is 30.3 Å². The van der Waals surface area contributed by atoms with E-state index in [1.54, 1.807) is 4.68 Å². The normalized spacial score (nSPS) is 10.5. The number of rotatable bonds is 4. The Kier molecular flexibility index (Phi) is 3.28. The van der Waals surface area contributed by atoms with Crippen LogP contribution in [0, 0.1) is 6.92 Å². The van der Waals surface area contributed by atoms with Gasteiger partial charge in [0.1, 0.15) is 0 Å². The summed E-state index contributed by atoms with van der Waals surface area (Å²) in [5, 5.41) is 12.9. The van der Waals surface area contributed by atoms with E-state index in [-0.39, 0.29) is 6.42 Å². The molecule has 1 N–H and O–H groups in total. The zero-order valence-electron chi connectivity index (χ0n) is 8.87. The smallest absolute Gasteiger partial charge is 0.309 e. The zero-order valence-corrected chi connectivity index (χ0v) is 8.87. The summed E-state index contributed by atoms with van der Waals surface area (Å²) >= 11 is 0. The van der Waals surface area contributed by atoms with E-state index >= 15 is 0 Å². The summed E-state index contributed by atoms with van der Waals surface area (Å²) in [4.78, 5) is 10.6. The first-order valence-corrected chi connectivity index (χ1v) is 4.79. The van der Waals surface area contributed by atoms with Gasteiger partial charge in [-0.3, -0.25) is 9.48 Å².